The predicted octanol–water partition coefficient (Wildman–Crippen LogP) is 4.38. The highest BCUT2D eigenvalue weighted by atomic mass is 19.4. The van der Waals surface area contributed by atoms with Crippen molar-refractivity contribution in [1.29, 1.82) is 0 Å². The number of likely N-dealkylation sites (tertiary alicyclic amines) is 1. The number of halogens is 4. The van der Waals surface area contributed by atoms with Crippen LogP contribution in [-0.4, -0.2) is 42.5 Å². The largest absolute Gasteiger partial charge is 0.404 e. The molecule has 2 aliphatic rings. The summed E-state index contributed by atoms with van der Waals surface area (Å²) in [5.74, 6) is -3.86. The molecule has 8 heteroatoms. The number of benzene rings is 2. The number of rotatable bonds is 3. The summed E-state index contributed by atoms with van der Waals surface area (Å²) in [6.45, 7) is 0.583. The van der Waals surface area contributed by atoms with Gasteiger partial charge >= 0.3 is 6.18 Å². The SMILES string of the molecule is O=C1CC2(CCN(C(=O)[C@H](c3ccccc3)C(F)(F)F)CC2)C(c2cccc(F)c2)CN1. The Kier molecular flexibility index (Phi) is 5.97. The number of nitrogens with one attached hydrogen (secondary N) is 1. The van der Waals surface area contributed by atoms with Gasteiger partial charge in [0.15, 0.2) is 5.92 Å². The molecule has 2 heterocycles. The third-order valence-electron chi connectivity index (χ3n) is 6.78. The van der Waals surface area contributed by atoms with Gasteiger partial charge in [-0.25, -0.2) is 4.39 Å². The van der Waals surface area contributed by atoms with E-state index in [1.807, 2.05) is 0 Å². The van der Waals surface area contributed by atoms with Crippen molar-refractivity contribution >= 4 is 11.8 Å². The van der Waals surface area contributed by atoms with Crippen molar-refractivity contribution in [3.8, 4) is 0 Å². The lowest BCUT2D eigenvalue weighted by molar-refractivity contribution is -0.173. The van der Waals surface area contributed by atoms with Crippen molar-refractivity contribution in [2.24, 2.45) is 5.41 Å². The summed E-state index contributed by atoms with van der Waals surface area (Å²) in [5, 5.41) is 2.82. The number of nitrogens with zero attached hydrogens (tertiary/aromatic N) is 1. The fraction of sp³-hybridized carbons (Fsp3) is 0.417. The van der Waals surface area contributed by atoms with Gasteiger partial charge in [-0.1, -0.05) is 42.5 Å². The minimum absolute atomic E-state index is 0.0834. The van der Waals surface area contributed by atoms with Gasteiger partial charge in [-0.05, 0) is 41.5 Å². The third-order valence-corrected chi connectivity index (χ3v) is 6.78. The molecule has 2 saturated heterocycles. The first kappa shape index (κ1) is 22.3. The average molecular weight is 448 g/mol. The fourth-order valence-corrected chi connectivity index (χ4v) is 5.13. The van der Waals surface area contributed by atoms with Crippen molar-refractivity contribution in [3.05, 3.63) is 71.5 Å². The number of carbonyl (C=O) groups is 2. The van der Waals surface area contributed by atoms with E-state index in [9.17, 15) is 27.2 Å². The Hall–Kier alpha value is -2.90. The Morgan fingerprint density at radius 3 is 2.38 bits per heavy atom. The summed E-state index contributed by atoms with van der Waals surface area (Å²) in [6.07, 6.45) is -3.74. The quantitative estimate of drug-likeness (QED) is 0.709. The lowest BCUT2D eigenvalue weighted by atomic mass is 9.62. The summed E-state index contributed by atoms with van der Waals surface area (Å²) in [5.41, 5.74) is 0.148. The molecule has 2 aliphatic heterocycles. The predicted molar refractivity (Wildman–Crippen MR) is 110 cm³/mol. The number of amides is 2. The Morgan fingerprint density at radius 1 is 1.06 bits per heavy atom. The van der Waals surface area contributed by atoms with Gasteiger partial charge in [-0.2, -0.15) is 13.2 Å². The second kappa shape index (κ2) is 8.56. The number of alkyl halides is 3. The molecule has 0 bridgehead atoms. The molecule has 2 atom stereocenters. The van der Waals surface area contributed by atoms with Gasteiger partial charge in [0, 0.05) is 32.0 Å². The highest BCUT2D eigenvalue weighted by Gasteiger charge is 2.51. The van der Waals surface area contributed by atoms with Crippen LogP contribution in [0.25, 0.3) is 0 Å². The molecule has 0 saturated carbocycles. The number of carbonyl (C=O) groups excluding carboxylic acids is 2. The van der Waals surface area contributed by atoms with Gasteiger partial charge in [0.2, 0.25) is 11.8 Å². The lowest BCUT2D eigenvalue weighted by Crippen LogP contribution is -2.54. The van der Waals surface area contributed by atoms with Crippen LogP contribution in [0.4, 0.5) is 17.6 Å². The Labute approximate surface area is 183 Å². The highest BCUT2D eigenvalue weighted by molar-refractivity contribution is 5.85. The van der Waals surface area contributed by atoms with E-state index in [4.69, 9.17) is 0 Å². The molecule has 2 fully saturated rings. The minimum Gasteiger partial charge on any atom is -0.355 e. The van der Waals surface area contributed by atoms with E-state index in [1.54, 1.807) is 18.2 Å². The van der Waals surface area contributed by atoms with Crippen LogP contribution >= 0.6 is 0 Å². The molecule has 2 aromatic carbocycles. The van der Waals surface area contributed by atoms with E-state index in [2.05, 4.69) is 5.32 Å². The van der Waals surface area contributed by atoms with E-state index in [-0.39, 0.29) is 42.7 Å². The van der Waals surface area contributed by atoms with Crippen molar-refractivity contribution < 1.29 is 27.2 Å². The van der Waals surface area contributed by atoms with Crippen LogP contribution < -0.4 is 5.32 Å². The molecule has 0 aliphatic carbocycles. The van der Waals surface area contributed by atoms with E-state index < -0.39 is 23.4 Å². The normalized spacial score (nSPS) is 21.8. The zero-order valence-electron chi connectivity index (χ0n) is 17.4. The molecule has 1 unspecified atom stereocenters. The Bertz CT molecular complexity index is 985. The van der Waals surface area contributed by atoms with Crippen molar-refractivity contribution in [2.45, 2.75) is 37.3 Å². The average Bonchev–Trinajstić information content (AvgIpc) is 2.74. The molecule has 0 aromatic heterocycles. The molecule has 170 valence electrons. The number of hydrogen-bond acceptors (Lipinski definition) is 2. The summed E-state index contributed by atoms with van der Waals surface area (Å²) < 4.78 is 55.2. The first-order valence-electron chi connectivity index (χ1n) is 10.6. The van der Waals surface area contributed by atoms with Gasteiger partial charge in [-0.15, -0.1) is 0 Å². The maximum absolute atomic E-state index is 13.8. The summed E-state index contributed by atoms with van der Waals surface area (Å²) >= 11 is 0. The number of piperidine rings is 2. The van der Waals surface area contributed by atoms with E-state index in [1.165, 1.54) is 41.3 Å². The standard InChI is InChI=1S/C24H24F4N2O2/c25-18-8-4-7-17(13-18)19-15-29-20(31)14-23(19)9-11-30(12-10-23)22(32)21(24(26,27)28)16-5-2-1-3-6-16/h1-8,13,19,21H,9-12,14-15H2,(H,29,31)/t19?,21-/m0/s1. The van der Waals surface area contributed by atoms with Crippen LogP contribution in [0.3, 0.4) is 0 Å². The Morgan fingerprint density at radius 2 is 1.75 bits per heavy atom. The van der Waals surface area contributed by atoms with Crippen LogP contribution in [0, 0.1) is 11.2 Å². The lowest BCUT2D eigenvalue weighted by Gasteiger charge is -2.49. The maximum atomic E-state index is 13.8. The molecular weight excluding hydrogens is 424 g/mol. The van der Waals surface area contributed by atoms with E-state index in [0.717, 1.165) is 5.56 Å². The molecule has 4 nitrogen and oxygen atoms in total. The molecule has 1 N–H and O–H groups in total. The van der Waals surface area contributed by atoms with Crippen LogP contribution in [0.1, 0.15) is 42.2 Å². The summed E-state index contributed by atoms with van der Waals surface area (Å²) in [6, 6.07) is 13.4. The molecule has 2 aromatic rings. The van der Waals surface area contributed by atoms with Crippen LogP contribution in [0.15, 0.2) is 54.6 Å². The van der Waals surface area contributed by atoms with Gasteiger partial charge in [-0.3, -0.25) is 9.59 Å². The molecule has 1 spiro atoms. The summed E-state index contributed by atoms with van der Waals surface area (Å²) in [7, 11) is 0. The maximum Gasteiger partial charge on any atom is 0.404 e. The molecule has 32 heavy (non-hydrogen) atoms. The molecule has 0 radical (unpaired) electrons. The Balaban J connectivity index is 1.56. The van der Waals surface area contributed by atoms with Crippen molar-refractivity contribution in [2.75, 3.05) is 19.6 Å². The fourth-order valence-electron chi connectivity index (χ4n) is 5.13. The van der Waals surface area contributed by atoms with Gasteiger partial charge in [0.1, 0.15) is 5.82 Å². The minimum atomic E-state index is -4.71. The monoisotopic (exact) mass is 448 g/mol. The zero-order chi connectivity index (χ0) is 22.9. The van der Waals surface area contributed by atoms with Crippen LogP contribution in [0.5, 0.6) is 0 Å². The first-order valence-corrected chi connectivity index (χ1v) is 10.6. The molecule has 4 rings (SSSR count). The second-order valence-corrected chi connectivity index (χ2v) is 8.66. The highest BCUT2D eigenvalue weighted by Crippen LogP contribution is 2.49. The topological polar surface area (TPSA) is 49.4 Å². The van der Waals surface area contributed by atoms with Gasteiger partial charge in [0.05, 0.1) is 0 Å². The summed E-state index contributed by atoms with van der Waals surface area (Å²) in [4.78, 5) is 26.4. The van der Waals surface area contributed by atoms with Gasteiger partial charge < -0.3 is 10.2 Å². The van der Waals surface area contributed by atoms with Crippen LogP contribution in [-0.2, 0) is 9.59 Å². The molecule has 2 amide bonds. The number of hydrogen-bond donors (Lipinski definition) is 1. The van der Waals surface area contributed by atoms with Crippen LogP contribution in [0.2, 0.25) is 0 Å². The molecular formula is C24H24F4N2O2. The van der Waals surface area contributed by atoms with Gasteiger partial charge in [0.25, 0.3) is 0 Å². The third kappa shape index (κ3) is 4.36. The smallest absolute Gasteiger partial charge is 0.355 e. The van der Waals surface area contributed by atoms with Crippen molar-refractivity contribution in [1.82, 2.24) is 10.2 Å². The van der Waals surface area contributed by atoms with E-state index >= 15 is 0 Å². The van der Waals surface area contributed by atoms with Crippen molar-refractivity contribution in [3.63, 3.8) is 0 Å². The zero-order valence-corrected chi connectivity index (χ0v) is 17.4. The van der Waals surface area contributed by atoms with E-state index in [0.29, 0.717) is 19.4 Å². The second-order valence-electron chi connectivity index (χ2n) is 8.66. The first-order chi connectivity index (χ1) is 15.2.